The number of anilines is 1. The van der Waals surface area contributed by atoms with Crippen molar-refractivity contribution in [2.45, 2.75) is 17.7 Å². The summed E-state index contributed by atoms with van der Waals surface area (Å²) in [5.41, 5.74) is 7.55. The second-order valence-electron chi connectivity index (χ2n) is 4.33. The predicted molar refractivity (Wildman–Crippen MR) is 74.5 cm³/mol. The number of aryl methyl sites for hydroxylation is 2. The smallest absolute Gasteiger partial charge is 0.294 e. The minimum Gasteiger partial charge on any atom is -0.399 e. The standard InChI is InChI=1S/C14H15NO3S/c15-13-9-8-12(14(10-13)19(16,17)18)7-6-11-4-2-1-3-5-11/h1-5,8-10H,6-7,15H2,(H,16,17,18). The van der Waals surface area contributed by atoms with Crippen molar-refractivity contribution in [2.24, 2.45) is 0 Å². The molecule has 5 heteroatoms. The Balaban J connectivity index is 2.26. The summed E-state index contributed by atoms with van der Waals surface area (Å²) in [6, 6.07) is 14.3. The highest BCUT2D eigenvalue weighted by atomic mass is 32.2. The Morgan fingerprint density at radius 2 is 1.68 bits per heavy atom. The summed E-state index contributed by atoms with van der Waals surface area (Å²) < 4.78 is 31.8. The fourth-order valence-electron chi connectivity index (χ4n) is 1.94. The van der Waals surface area contributed by atoms with E-state index in [2.05, 4.69) is 0 Å². The highest BCUT2D eigenvalue weighted by Gasteiger charge is 2.15. The van der Waals surface area contributed by atoms with E-state index < -0.39 is 10.1 Å². The van der Waals surface area contributed by atoms with Gasteiger partial charge < -0.3 is 5.73 Å². The van der Waals surface area contributed by atoms with Gasteiger partial charge in [0.15, 0.2) is 0 Å². The molecule has 19 heavy (non-hydrogen) atoms. The molecule has 0 unspecified atom stereocenters. The summed E-state index contributed by atoms with van der Waals surface area (Å²) >= 11 is 0. The minimum absolute atomic E-state index is 0.108. The molecule has 0 spiro atoms. The molecule has 0 fully saturated rings. The maximum Gasteiger partial charge on any atom is 0.294 e. The van der Waals surface area contributed by atoms with Gasteiger partial charge in [-0.15, -0.1) is 0 Å². The highest BCUT2D eigenvalue weighted by molar-refractivity contribution is 7.85. The van der Waals surface area contributed by atoms with Crippen LogP contribution in [0.25, 0.3) is 0 Å². The lowest BCUT2D eigenvalue weighted by atomic mass is 10.0. The van der Waals surface area contributed by atoms with Crippen LogP contribution >= 0.6 is 0 Å². The van der Waals surface area contributed by atoms with E-state index in [1.54, 1.807) is 12.1 Å². The van der Waals surface area contributed by atoms with E-state index in [4.69, 9.17) is 5.73 Å². The Kier molecular flexibility index (Phi) is 3.87. The van der Waals surface area contributed by atoms with Crippen molar-refractivity contribution in [1.29, 1.82) is 0 Å². The van der Waals surface area contributed by atoms with Crippen LogP contribution in [0.5, 0.6) is 0 Å². The molecule has 0 heterocycles. The van der Waals surface area contributed by atoms with Crippen molar-refractivity contribution in [1.82, 2.24) is 0 Å². The number of hydrogen-bond acceptors (Lipinski definition) is 3. The Labute approximate surface area is 112 Å². The van der Waals surface area contributed by atoms with Crippen molar-refractivity contribution in [2.75, 3.05) is 5.73 Å². The zero-order chi connectivity index (χ0) is 13.9. The molecule has 2 rings (SSSR count). The molecule has 0 saturated carbocycles. The summed E-state index contributed by atoms with van der Waals surface area (Å²) in [5.74, 6) is 0. The lowest BCUT2D eigenvalue weighted by molar-refractivity contribution is 0.482. The van der Waals surface area contributed by atoms with E-state index in [9.17, 15) is 13.0 Å². The van der Waals surface area contributed by atoms with E-state index in [0.717, 1.165) is 5.56 Å². The van der Waals surface area contributed by atoms with Crippen LogP contribution in [-0.4, -0.2) is 13.0 Å². The second-order valence-corrected chi connectivity index (χ2v) is 5.72. The number of hydrogen-bond donors (Lipinski definition) is 2. The first-order valence-electron chi connectivity index (χ1n) is 5.86. The molecule has 0 amide bonds. The van der Waals surface area contributed by atoms with Gasteiger partial charge in [-0.2, -0.15) is 8.42 Å². The van der Waals surface area contributed by atoms with Crippen molar-refractivity contribution in [3.8, 4) is 0 Å². The first kappa shape index (κ1) is 13.6. The van der Waals surface area contributed by atoms with E-state index in [1.165, 1.54) is 6.07 Å². The third-order valence-electron chi connectivity index (χ3n) is 2.89. The molecular formula is C14H15NO3S. The van der Waals surface area contributed by atoms with Gasteiger partial charge in [0.25, 0.3) is 10.1 Å². The average Bonchev–Trinajstić information content (AvgIpc) is 2.37. The van der Waals surface area contributed by atoms with Gasteiger partial charge in [-0.1, -0.05) is 36.4 Å². The molecule has 2 aromatic carbocycles. The van der Waals surface area contributed by atoms with Crippen molar-refractivity contribution < 1.29 is 13.0 Å². The first-order valence-corrected chi connectivity index (χ1v) is 7.30. The molecule has 0 aliphatic heterocycles. The number of rotatable bonds is 4. The van der Waals surface area contributed by atoms with Crippen molar-refractivity contribution >= 4 is 15.8 Å². The van der Waals surface area contributed by atoms with E-state index >= 15 is 0 Å². The molecule has 0 aliphatic rings. The number of benzene rings is 2. The molecule has 2 aromatic rings. The molecule has 0 bridgehead atoms. The summed E-state index contributed by atoms with van der Waals surface area (Å²) in [6.45, 7) is 0. The molecular weight excluding hydrogens is 262 g/mol. The zero-order valence-electron chi connectivity index (χ0n) is 10.3. The van der Waals surface area contributed by atoms with Gasteiger partial charge in [0.1, 0.15) is 0 Å². The summed E-state index contributed by atoms with van der Waals surface area (Å²) in [7, 11) is -4.24. The van der Waals surface area contributed by atoms with E-state index in [1.807, 2.05) is 30.3 Å². The Morgan fingerprint density at radius 1 is 1.00 bits per heavy atom. The molecule has 100 valence electrons. The monoisotopic (exact) mass is 277 g/mol. The van der Waals surface area contributed by atoms with Crippen LogP contribution in [0.15, 0.2) is 53.4 Å². The molecule has 3 N–H and O–H groups in total. The summed E-state index contributed by atoms with van der Waals surface area (Å²) in [4.78, 5) is -0.108. The highest BCUT2D eigenvalue weighted by Crippen LogP contribution is 2.20. The largest absolute Gasteiger partial charge is 0.399 e. The maximum absolute atomic E-state index is 11.3. The van der Waals surface area contributed by atoms with Gasteiger partial charge in [0.05, 0.1) is 4.90 Å². The SMILES string of the molecule is Nc1ccc(CCc2ccccc2)c(S(=O)(=O)O)c1. The van der Waals surface area contributed by atoms with Crippen molar-refractivity contribution in [3.63, 3.8) is 0 Å². The van der Waals surface area contributed by atoms with Crippen LogP contribution in [0.4, 0.5) is 5.69 Å². The molecule has 0 aliphatic carbocycles. The first-order chi connectivity index (χ1) is 8.97. The van der Waals surface area contributed by atoms with Crippen LogP contribution in [0.2, 0.25) is 0 Å². The molecule has 0 atom stereocenters. The fourth-order valence-corrected chi connectivity index (χ4v) is 2.73. The summed E-state index contributed by atoms with van der Waals surface area (Å²) in [6.07, 6.45) is 1.23. The van der Waals surface area contributed by atoms with E-state index in [-0.39, 0.29) is 4.90 Å². The predicted octanol–water partition coefficient (Wildman–Crippen LogP) is 2.30. The minimum atomic E-state index is -4.24. The van der Waals surface area contributed by atoms with E-state index in [0.29, 0.717) is 24.1 Å². The number of nitrogens with two attached hydrogens (primary N) is 1. The maximum atomic E-state index is 11.3. The third kappa shape index (κ3) is 3.56. The van der Waals surface area contributed by atoms with Gasteiger partial charge in [0.2, 0.25) is 0 Å². The van der Waals surface area contributed by atoms with Gasteiger partial charge in [-0.25, -0.2) is 0 Å². The lowest BCUT2D eigenvalue weighted by Gasteiger charge is -2.08. The summed E-state index contributed by atoms with van der Waals surface area (Å²) in [5, 5.41) is 0. The van der Waals surface area contributed by atoms with Gasteiger partial charge in [-0.3, -0.25) is 4.55 Å². The molecule has 0 aromatic heterocycles. The quantitative estimate of drug-likeness (QED) is 0.663. The zero-order valence-corrected chi connectivity index (χ0v) is 11.1. The Hall–Kier alpha value is -1.85. The van der Waals surface area contributed by atoms with Crippen LogP contribution in [-0.2, 0) is 23.0 Å². The fraction of sp³-hybridized carbons (Fsp3) is 0.143. The third-order valence-corrected chi connectivity index (χ3v) is 3.83. The van der Waals surface area contributed by atoms with Gasteiger partial charge in [0, 0.05) is 5.69 Å². The Morgan fingerprint density at radius 3 is 2.32 bits per heavy atom. The van der Waals surface area contributed by atoms with Crippen LogP contribution in [0.3, 0.4) is 0 Å². The molecule has 0 saturated heterocycles. The average molecular weight is 277 g/mol. The van der Waals surface area contributed by atoms with Gasteiger partial charge in [-0.05, 0) is 36.1 Å². The topological polar surface area (TPSA) is 80.4 Å². The molecule has 4 nitrogen and oxygen atoms in total. The normalized spacial score (nSPS) is 11.4. The van der Waals surface area contributed by atoms with Crippen LogP contribution in [0, 0.1) is 0 Å². The second kappa shape index (κ2) is 5.42. The van der Waals surface area contributed by atoms with Crippen molar-refractivity contribution in [3.05, 3.63) is 59.7 Å². The molecule has 0 radical (unpaired) electrons. The van der Waals surface area contributed by atoms with Crippen LogP contribution in [0.1, 0.15) is 11.1 Å². The number of nitrogen functional groups attached to an aromatic ring is 1. The Bertz CT molecular complexity index is 666. The lowest BCUT2D eigenvalue weighted by Crippen LogP contribution is -2.05. The van der Waals surface area contributed by atoms with Gasteiger partial charge >= 0.3 is 0 Å². The van der Waals surface area contributed by atoms with Crippen LogP contribution < -0.4 is 5.73 Å².